The Morgan fingerprint density at radius 1 is 1.40 bits per heavy atom. The molecule has 0 amide bonds. The van der Waals surface area contributed by atoms with Crippen LogP contribution in [0.25, 0.3) is 0 Å². The van der Waals surface area contributed by atoms with Crippen LogP contribution in [0, 0.1) is 5.92 Å². The Morgan fingerprint density at radius 2 is 2.05 bits per heavy atom. The quantitative estimate of drug-likeness (QED) is 0.723. The molecule has 4 heteroatoms. The molecule has 1 aliphatic rings. The molecule has 1 aromatic heterocycles. The third-order valence-electron chi connectivity index (χ3n) is 4.78. The summed E-state index contributed by atoms with van der Waals surface area (Å²) < 4.78 is 0.687. The molecule has 0 aromatic carbocycles. The van der Waals surface area contributed by atoms with Crippen molar-refractivity contribution < 1.29 is 4.79 Å². The highest BCUT2D eigenvalue weighted by atomic mass is 35.5. The average Bonchev–Trinajstić information content (AvgIpc) is 2.91. The molecule has 2 rings (SSSR count). The molecule has 1 saturated carbocycles. The van der Waals surface area contributed by atoms with E-state index in [4.69, 9.17) is 11.6 Å². The molecule has 0 bridgehead atoms. The van der Waals surface area contributed by atoms with E-state index in [-0.39, 0.29) is 11.8 Å². The zero-order chi connectivity index (χ0) is 14.7. The first-order valence-electron chi connectivity index (χ1n) is 7.54. The van der Waals surface area contributed by atoms with Gasteiger partial charge in [0.15, 0.2) is 5.78 Å². The molecule has 0 saturated heterocycles. The third kappa shape index (κ3) is 3.63. The van der Waals surface area contributed by atoms with E-state index in [9.17, 15) is 4.79 Å². The average molecular weight is 314 g/mol. The van der Waals surface area contributed by atoms with Crippen LogP contribution in [0.3, 0.4) is 0 Å². The Hall–Kier alpha value is -0.380. The number of ketones is 1. The smallest absolute Gasteiger partial charge is 0.189 e. The van der Waals surface area contributed by atoms with E-state index in [2.05, 4.69) is 18.9 Å². The van der Waals surface area contributed by atoms with E-state index in [0.717, 1.165) is 10.8 Å². The molecular formula is C16H24ClNOS. The maximum atomic E-state index is 12.5. The highest BCUT2D eigenvalue weighted by molar-refractivity contribution is 7.18. The highest BCUT2D eigenvalue weighted by Gasteiger charge is 2.29. The van der Waals surface area contributed by atoms with Gasteiger partial charge in [0.05, 0.1) is 15.3 Å². The molecule has 112 valence electrons. The van der Waals surface area contributed by atoms with Gasteiger partial charge in [0.1, 0.15) is 0 Å². The van der Waals surface area contributed by atoms with Crippen LogP contribution in [-0.4, -0.2) is 29.8 Å². The first-order chi connectivity index (χ1) is 9.52. The van der Waals surface area contributed by atoms with Gasteiger partial charge < -0.3 is 0 Å². The molecule has 1 fully saturated rings. The molecule has 1 aliphatic carbocycles. The van der Waals surface area contributed by atoms with Crippen molar-refractivity contribution in [2.75, 3.05) is 7.05 Å². The zero-order valence-corrected chi connectivity index (χ0v) is 14.1. The van der Waals surface area contributed by atoms with Crippen molar-refractivity contribution >= 4 is 28.7 Å². The highest BCUT2D eigenvalue weighted by Crippen LogP contribution is 2.30. The normalized spacial score (nSPS) is 24.9. The maximum Gasteiger partial charge on any atom is 0.189 e. The van der Waals surface area contributed by atoms with E-state index in [1.807, 2.05) is 13.0 Å². The number of likely N-dealkylation sites (N-methyl/N-ethyl adjacent to an activating group) is 1. The molecule has 1 unspecified atom stereocenters. The first-order valence-corrected chi connectivity index (χ1v) is 8.73. The van der Waals surface area contributed by atoms with Gasteiger partial charge in [-0.05, 0) is 57.7 Å². The van der Waals surface area contributed by atoms with Gasteiger partial charge in [0, 0.05) is 6.04 Å². The number of nitrogens with zero attached hydrogens (tertiary/aromatic N) is 1. The SMILES string of the molecule is CCC1CCC(N(C)C(C)C(=O)c2ccc(Cl)s2)CC1. The Kier molecular flexibility index (Phi) is 5.65. The number of rotatable bonds is 5. The largest absolute Gasteiger partial charge is 0.294 e. The number of carbonyl (C=O) groups excluding carboxylic acids is 1. The summed E-state index contributed by atoms with van der Waals surface area (Å²) in [4.78, 5) is 15.5. The van der Waals surface area contributed by atoms with Crippen LogP contribution >= 0.6 is 22.9 Å². The summed E-state index contributed by atoms with van der Waals surface area (Å²) >= 11 is 7.30. The molecule has 20 heavy (non-hydrogen) atoms. The summed E-state index contributed by atoms with van der Waals surface area (Å²) in [6.45, 7) is 4.29. The number of hydrogen-bond acceptors (Lipinski definition) is 3. The van der Waals surface area contributed by atoms with Crippen molar-refractivity contribution in [1.82, 2.24) is 4.90 Å². The molecule has 1 heterocycles. The molecule has 1 atom stereocenters. The number of hydrogen-bond donors (Lipinski definition) is 0. The van der Waals surface area contributed by atoms with Gasteiger partial charge in [-0.25, -0.2) is 0 Å². The van der Waals surface area contributed by atoms with E-state index < -0.39 is 0 Å². The van der Waals surface area contributed by atoms with Crippen LogP contribution in [0.1, 0.15) is 55.6 Å². The fraction of sp³-hybridized carbons (Fsp3) is 0.688. The third-order valence-corrected chi connectivity index (χ3v) is 6.02. The Morgan fingerprint density at radius 3 is 2.55 bits per heavy atom. The van der Waals surface area contributed by atoms with Gasteiger partial charge in [-0.1, -0.05) is 24.9 Å². The molecule has 0 N–H and O–H groups in total. The summed E-state index contributed by atoms with van der Waals surface area (Å²) in [6.07, 6.45) is 6.34. The van der Waals surface area contributed by atoms with E-state index in [1.54, 1.807) is 6.07 Å². The van der Waals surface area contributed by atoms with Crippen LogP contribution in [0.15, 0.2) is 12.1 Å². The fourth-order valence-corrected chi connectivity index (χ4v) is 4.18. The van der Waals surface area contributed by atoms with Crippen LogP contribution in [0.4, 0.5) is 0 Å². The van der Waals surface area contributed by atoms with Crippen molar-refractivity contribution in [1.29, 1.82) is 0 Å². The second-order valence-electron chi connectivity index (χ2n) is 5.89. The number of Topliss-reactive ketones (excluding diaryl/α,β-unsaturated/α-hetero) is 1. The Balaban J connectivity index is 1.95. The zero-order valence-electron chi connectivity index (χ0n) is 12.6. The van der Waals surface area contributed by atoms with E-state index in [1.165, 1.54) is 43.4 Å². The second kappa shape index (κ2) is 7.06. The minimum Gasteiger partial charge on any atom is -0.294 e. The fourth-order valence-electron chi connectivity index (χ4n) is 3.11. The Bertz CT molecular complexity index is 451. The number of carbonyl (C=O) groups is 1. The lowest BCUT2D eigenvalue weighted by Crippen LogP contribution is -2.44. The standard InChI is InChI=1S/C16H24ClNOS/c1-4-12-5-7-13(8-6-12)18(3)11(2)16(19)14-9-10-15(17)20-14/h9-13H,4-8H2,1-3H3. The lowest BCUT2D eigenvalue weighted by molar-refractivity contribution is 0.0756. The molecule has 0 aliphatic heterocycles. The molecule has 0 radical (unpaired) electrons. The summed E-state index contributed by atoms with van der Waals surface area (Å²) in [7, 11) is 2.09. The topological polar surface area (TPSA) is 20.3 Å². The van der Waals surface area contributed by atoms with Crippen molar-refractivity contribution in [3.8, 4) is 0 Å². The summed E-state index contributed by atoms with van der Waals surface area (Å²) in [6, 6.07) is 4.13. The van der Waals surface area contributed by atoms with Crippen molar-refractivity contribution in [2.45, 2.75) is 58.0 Å². The second-order valence-corrected chi connectivity index (χ2v) is 7.61. The maximum absolute atomic E-state index is 12.5. The molecule has 0 spiro atoms. The number of halogens is 1. The van der Waals surface area contributed by atoms with Gasteiger partial charge in [0.25, 0.3) is 0 Å². The number of thiophene rings is 1. The first kappa shape index (κ1) is 16.0. The van der Waals surface area contributed by atoms with Crippen molar-refractivity contribution in [2.24, 2.45) is 5.92 Å². The predicted molar refractivity (Wildman–Crippen MR) is 86.9 cm³/mol. The van der Waals surface area contributed by atoms with Crippen molar-refractivity contribution in [3.05, 3.63) is 21.3 Å². The van der Waals surface area contributed by atoms with Crippen LogP contribution in [0.2, 0.25) is 4.34 Å². The van der Waals surface area contributed by atoms with Crippen LogP contribution in [-0.2, 0) is 0 Å². The van der Waals surface area contributed by atoms with Gasteiger partial charge >= 0.3 is 0 Å². The monoisotopic (exact) mass is 313 g/mol. The van der Waals surface area contributed by atoms with Crippen molar-refractivity contribution in [3.63, 3.8) is 0 Å². The minimum absolute atomic E-state index is 0.0621. The van der Waals surface area contributed by atoms with Gasteiger partial charge in [-0.15, -0.1) is 11.3 Å². The van der Waals surface area contributed by atoms with Gasteiger partial charge in [0.2, 0.25) is 0 Å². The van der Waals surface area contributed by atoms with Crippen LogP contribution in [0.5, 0.6) is 0 Å². The summed E-state index contributed by atoms with van der Waals surface area (Å²) in [5.41, 5.74) is 0. The molecule has 1 aromatic rings. The Labute approximate surface area is 131 Å². The predicted octanol–water partition coefficient (Wildman–Crippen LogP) is 4.87. The molecule has 2 nitrogen and oxygen atoms in total. The van der Waals surface area contributed by atoms with Crippen LogP contribution < -0.4 is 0 Å². The summed E-state index contributed by atoms with van der Waals surface area (Å²) in [5.74, 6) is 1.09. The van der Waals surface area contributed by atoms with Gasteiger partial charge in [-0.3, -0.25) is 9.69 Å². The van der Waals surface area contributed by atoms with E-state index >= 15 is 0 Å². The van der Waals surface area contributed by atoms with E-state index in [0.29, 0.717) is 10.4 Å². The summed E-state index contributed by atoms with van der Waals surface area (Å²) in [5, 5.41) is 0. The van der Waals surface area contributed by atoms with Gasteiger partial charge in [-0.2, -0.15) is 0 Å². The lowest BCUT2D eigenvalue weighted by atomic mass is 9.83. The lowest BCUT2D eigenvalue weighted by Gasteiger charge is -2.37. The molecular weight excluding hydrogens is 290 g/mol. The minimum atomic E-state index is -0.0621.